The normalized spacial score (nSPS) is 17.3. The highest BCUT2D eigenvalue weighted by atomic mass is 16.5. The van der Waals surface area contributed by atoms with Gasteiger partial charge in [-0.3, -0.25) is 19.5 Å². The predicted molar refractivity (Wildman–Crippen MR) is 136 cm³/mol. The Labute approximate surface area is 205 Å². The van der Waals surface area contributed by atoms with Crippen LogP contribution in [0.3, 0.4) is 0 Å². The molecule has 6 heteroatoms. The largest absolute Gasteiger partial charge is 0.507 e. The maximum atomic E-state index is 13.4. The zero-order valence-corrected chi connectivity index (χ0v) is 20.7. The SMILES string of the molecule is Cc1ccc(C)c(N2C(=O)C(=O)/C(=C(\O)c3ccc(OCC(C)C)c(C)c3)C2c2ccncc2)c1. The lowest BCUT2D eigenvalue weighted by Gasteiger charge is -2.27. The van der Waals surface area contributed by atoms with Gasteiger partial charge in [0.05, 0.1) is 18.2 Å². The number of carbonyl (C=O) groups is 2. The van der Waals surface area contributed by atoms with Gasteiger partial charge < -0.3 is 9.84 Å². The van der Waals surface area contributed by atoms with Crippen molar-refractivity contribution < 1.29 is 19.4 Å². The molecule has 0 radical (unpaired) electrons. The number of ketones is 1. The van der Waals surface area contributed by atoms with Crippen molar-refractivity contribution in [1.82, 2.24) is 4.98 Å². The van der Waals surface area contributed by atoms with Crippen LogP contribution in [0.1, 0.15) is 47.7 Å². The van der Waals surface area contributed by atoms with Crippen LogP contribution in [0.5, 0.6) is 5.75 Å². The zero-order valence-electron chi connectivity index (χ0n) is 20.7. The molecule has 1 N–H and O–H groups in total. The summed E-state index contributed by atoms with van der Waals surface area (Å²) in [6.45, 7) is 10.5. The first kappa shape index (κ1) is 24.2. The van der Waals surface area contributed by atoms with Crippen LogP contribution >= 0.6 is 0 Å². The van der Waals surface area contributed by atoms with Crippen molar-refractivity contribution in [3.8, 4) is 5.75 Å². The van der Waals surface area contributed by atoms with E-state index in [0.29, 0.717) is 29.3 Å². The Morgan fingerprint density at radius 2 is 1.71 bits per heavy atom. The molecule has 0 aliphatic carbocycles. The molecule has 180 valence electrons. The van der Waals surface area contributed by atoms with Crippen LogP contribution in [0.4, 0.5) is 5.69 Å². The molecule has 1 unspecified atom stereocenters. The van der Waals surface area contributed by atoms with Crippen LogP contribution in [0, 0.1) is 26.7 Å². The fourth-order valence-corrected chi connectivity index (χ4v) is 4.29. The second kappa shape index (κ2) is 9.74. The average molecular weight is 471 g/mol. The minimum Gasteiger partial charge on any atom is -0.507 e. The molecule has 2 heterocycles. The Hall–Kier alpha value is -3.93. The van der Waals surface area contributed by atoms with E-state index in [1.54, 1.807) is 42.7 Å². The Morgan fingerprint density at radius 3 is 2.37 bits per heavy atom. The average Bonchev–Trinajstić information content (AvgIpc) is 3.10. The molecule has 1 amide bonds. The van der Waals surface area contributed by atoms with Crippen molar-refractivity contribution in [3.63, 3.8) is 0 Å². The second-order valence-electron chi connectivity index (χ2n) is 9.42. The van der Waals surface area contributed by atoms with Crippen molar-refractivity contribution in [2.24, 2.45) is 5.92 Å². The van der Waals surface area contributed by atoms with Gasteiger partial charge in [-0.2, -0.15) is 0 Å². The molecule has 35 heavy (non-hydrogen) atoms. The molecule has 0 bridgehead atoms. The van der Waals surface area contributed by atoms with E-state index >= 15 is 0 Å². The molecule has 1 aliphatic rings. The van der Waals surface area contributed by atoms with E-state index in [4.69, 9.17) is 4.74 Å². The third-order valence-corrected chi connectivity index (χ3v) is 6.11. The molecule has 2 aromatic carbocycles. The van der Waals surface area contributed by atoms with Crippen molar-refractivity contribution in [2.75, 3.05) is 11.5 Å². The number of Topliss-reactive ketones (excluding diaryl/α,β-unsaturated/α-hetero) is 1. The van der Waals surface area contributed by atoms with E-state index in [-0.39, 0.29) is 11.3 Å². The molecule has 0 spiro atoms. The van der Waals surface area contributed by atoms with E-state index in [2.05, 4.69) is 18.8 Å². The number of aliphatic hydroxyl groups excluding tert-OH is 1. The van der Waals surface area contributed by atoms with Crippen molar-refractivity contribution in [3.05, 3.63) is 94.3 Å². The number of hydrogen-bond acceptors (Lipinski definition) is 5. The highest BCUT2D eigenvalue weighted by molar-refractivity contribution is 6.51. The lowest BCUT2D eigenvalue weighted by atomic mass is 9.95. The summed E-state index contributed by atoms with van der Waals surface area (Å²) >= 11 is 0. The third kappa shape index (κ3) is 4.69. The molecule has 0 saturated carbocycles. The summed E-state index contributed by atoms with van der Waals surface area (Å²) in [5.41, 5.74) is 4.50. The maximum Gasteiger partial charge on any atom is 0.300 e. The lowest BCUT2D eigenvalue weighted by molar-refractivity contribution is -0.132. The van der Waals surface area contributed by atoms with E-state index in [0.717, 1.165) is 22.4 Å². The van der Waals surface area contributed by atoms with Crippen LogP contribution in [0.25, 0.3) is 5.76 Å². The van der Waals surface area contributed by atoms with Gasteiger partial charge >= 0.3 is 0 Å². The van der Waals surface area contributed by atoms with Gasteiger partial charge in [-0.05, 0) is 85.3 Å². The van der Waals surface area contributed by atoms with Gasteiger partial charge in [0.2, 0.25) is 0 Å². The van der Waals surface area contributed by atoms with Crippen LogP contribution in [0.2, 0.25) is 0 Å². The first-order chi connectivity index (χ1) is 16.7. The molecular weight excluding hydrogens is 440 g/mol. The topological polar surface area (TPSA) is 79.7 Å². The Bertz CT molecular complexity index is 1310. The zero-order chi connectivity index (χ0) is 25.3. The van der Waals surface area contributed by atoms with E-state index in [1.807, 2.05) is 39.0 Å². The number of pyridine rings is 1. The van der Waals surface area contributed by atoms with Crippen LogP contribution < -0.4 is 9.64 Å². The van der Waals surface area contributed by atoms with Gasteiger partial charge in [-0.1, -0.05) is 26.0 Å². The Morgan fingerprint density at radius 1 is 1.00 bits per heavy atom. The number of nitrogens with zero attached hydrogens (tertiary/aromatic N) is 2. The molecular formula is C29H30N2O4. The number of benzene rings is 2. The van der Waals surface area contributed by atoms with Gasteiger partial charge in [0.25, 0.3) is 11.7 Å². The first-order valence-corrected chi connectivity index (χ1v) is 11.7. The molecule has 1 saturated heterocycles. The summed E-state index contributed by atoms with van der Waals surface area (Å²) in [5.74, 6) is -0.504. The number of carbonyl (C=O) groups excluding carboxylic acids is 2. The molecule has 1 atom stereocenters. The maximum absolute atomic E-state index is 13.4. The van der Waals surface area contributed by atoms with Gasteiger partial charge in [0.15, 0.2) is 0 Å². The standard InChI is InChI=1S/C29H30N2O4/c1-17(2)16-35-24-9-8-22(15-20(24)5)27(32)25-26(21-10-12-30-13-11-21)31(29(34)28(25)33)23-14-18(3)6-7-19(23)4/h6-15,17,26,32H,16H2,1-5H3/b27-25-. The minimum absolute atomic E-state index is 0.0531. The number of aromatic nitrogens is 1. The minimum atomic E-state index is -0.782. The van der Waals surface area contributed by atoms with Gasteiger partial charge in [-0.15, -0.1) is 0 Å². The fraction of sp³-hybridized carbons (Fsp3) is 0.276. The molecule has 3 aromatic rings. The molecule has 1 aromatic heterocycles. The van der Waals surface area contributed by atoms with Crippen LogP contribution in [-0.4, -0.2) is 28.4 Å². The molecule has 1 aliphatic heterocycles. The Balaban J connectivity index is 1.86. The monoisotopic (exact) mass is 470 g/mol. The smallest absolute Gasteiger partial charge is 0.300 e. The number of anilines is 1. The fourth-order valence-electron chi connectivity index (χ4n) is 4.29. The van der Waals surface area contributed by atoms with E-state index in [9.17, 15) is 14.7 Å². The Kier molecular flexibility index (Phi) is 6.74. The van der Waals surface area contributed by atoms with Gasteiger partial charge in [0.1, 0.15) is 11.5 Å². The number of hydrogen-bond donors (Lipinski definition) is 1. The summed E-state index contributed by atoms with van der Waals surface area (Å²) in [6, 6.07) is 13.8. The van der Waals surface area contributed by atoms with Crippen molar-refractivity contribution in [1.29, 1.82) is 0 Å². The summed E-state index contributed by atoms with van der Waals surface area (Å²) < 4.78 is 5.85. The highest BCUT2D eigenvalue weighted by Gasteiger charge is 2.47. The van der Waals surface area contributed by atoms with Crippen molar-refractivity contribution >= 4 is 23.1 Å². The summed E-state index contributed by atoms with van der Waals surface area (Å²) in [5, 5.41) is 11.4. The number of aliphatic hydroxyl groups is 1. The quantitative estimate of drug-likeness (QED) is 0.285. The van der Waals surface area contributed by atoms with Gasteiger partial charge in [-0.25, -0.2) is 0 Å². The third-order valence-electron chi connectivity index (χ3n) is 6.11. The lowest BCUT2D eigenvalue weighted by Crippen LogP contribution is -2.30. The van der Waals surface area contributed by atoms with Crippen molar-refractivity contribution in [2.45, 2.75) is 40.7 Å². The summed E-state index contributed by atoms with van der Waals surface area (Å²) in [7, 11) is 0. The molecule has 6 nitrogen and oxygen atoms in total. The number of rotatable bonds is 6. The highest BCUT2D eigenvalue weighted by Crippen LogP contribution is 2.43. The van der Waals surface area contributed by atoms with E-state index in [1.165, 1.54) is 4.90 Å². The first-order valence-electron chi connectivity index (χ1n) is 11.7. The summed E-state index contributed by atoms with van der Waals surface area (Å²) in [4.78, 5) is 32.3. The van der Waals surface area contributed by atoms with E-state index < -0.39 is 17.7 Å². The second-order valence-corrected chi connectivity index (χ2v) is 9.42. The number of aryl methyl sites for hydroxylation is 3. The summed E-state index contributed by atoms with van der Waals surface area (Å²) in [6.07, 6.45) is 3.23. The van der Waals surface area contributed by atoms with Crippen LogP contribution in [-0.2, 0) is 9.59 Å². The predicted octanol–water partition coefficient (Wildman–Crippen LogP) is 5.67. The van der Waals surface area contributed by atoms with Gasteiger partial charge in [0, 0.05) is 23.6 Å². The molecule has 4 rings (SSSR count). The number of ether oxygens (including phenoxy) is 1. The van der Waals surface area contributed by atoms with Crippen LogP contribution in [0.15, 0.2) is 66.5 Å². The molecule has 1 fully saturated rings. The number of amides is 1.